The Kier molecular flexibility index (Phi) is 3.81. The highest BCUT2D eigenvalue weighted by molar-refractivity contribution is 5.94. The zero-order valence-corrected chi connectivity index (χ0v) is 10.8. The molecule has 0 bridgehead atoms. The van der Waals surface area contributed by atoms with Crippen LogP contribution in [0.2, 0.25) is 0 Å². The van der Waals surface area contributed by atoms with Crippen molar-refractivity contribution in [3.63, 3.8) is 0 Å². The Balaban J connectivity index is 2.02. The van der Waals surface area contributed by atoms with Crippen molar-refractivity contribution in [3.05, 3.63) is 34.2 Å². The Morgan fingerprint density at radius 1 is 1.28 bits per heavy atom. The third-order valence-corrected chi connectivity index (χ3v) is 3.35. The highest BCUT2D eigenvalue weighted by atomic mass is 16.2. The van der Waals surface area contributed by atoms with Gasteiger partial charge in [-0.15, -0.1) is 0 Å². The molecule has 1 fully saturated rings. The number of pyridine rings is 1. The number of aromatic nitrogens is 1. The van der Waals surface area contributed by atoms with Crippen LogP contribution in [0.15, 0.2) is 23.1 Å². The SMILES string of the molecule is CC(C)N1CCN(C(=O)c2cc[nH]c(=O)c2)CC1. The van der Waals surface area contributed by atoms with Crippen molar-refractivity contribution < 1.29 is 4.79 Å². The lowest BCUT2D eigenvalue weighted by Gasteiger charge is -2.36. The average molecular weight is 249 g/mol. The van der Waals surface area contributed by atoms with E-state index in [-0.39, 0.29) is 11.5 Å². The number of amides is 1. The number of piperazine rings is 1. The molecular weight excluding hydrogens is 230 g/mol. The molecule has 1 aliphatic heterocycles. The Bertz CT molecular complexity index is 473. The van der Waals surface area contributed by atoms with Gasteiger partial charge in [-0.2, -0.15) is 0 Å². The molecule has 98 valence electrons. The van der Waals surface area contributed by atoms with Crippen LogP contribution in [0.5, 0.6) is 0 Å². The minimum atomic E-state index is -0.235. The number of nitrogens with zero attached hydrogens (tertiary/aromatic N) is 2. The second-order valence-corrected chi connectivity index (χ2v) is 4.86. The summed E-state index contributed by atoms with van der Waals surface area (Å²) in [4.78, 5) is 30.0. The van der Waals surface area contributed by atoms with Crippen LogP contribution in [0.4, 0.5) is 0 Å². The average Bonchev–Trinajstić information content (AvgIpc) is 2.38. The van der Waals surface area contributed by atoms with Gasteiger partial charge in [0.15, 0.2) is 0 Å². The van der Waals surface area contributed by atoms with E-state index in [1.807, 2.05) is 4.90 Å². The van der Waals surface area contributed by atoms with E-state index in [2.05, 4.69) is 23.7 Å². The second-order valence-electron chi connectivity index (χ2n) is 4.86. The Labute approximate surface area is 106 Å². The van der Waals surface area contributed by atoms with Crippen LogP contribution in [0.3, 0.4) is 0 Å². The number of hydrogen-bond donors (Lipinski definition) is 1. The fourth-order valence-corrected chi connectivity index (χ4v) is 2.20. The zero-order chi connectivity index (χ0) is 13.1. The molecule has 0 aromatic carbocycles. The highest BCUT2D eigenvalue weighted by Crippen LogP contribution is 2.09. The van der Waals surface area contributed by atoms with E-state index in [1.165, 1.54) is 12.3 Å². The van der Waals surface area contributed by atoms with Crippen LogP contribution in [0.1, 0.15) is 24.2 Å². The largest absolute Gasteiger partial charge is 0.336 e. The van der Waals surface area contributed by atoms with Gasteiger partial charge in [-0.25, -0.2) is 0 Å². The molecule has 1 saturated heterocycles. The summed E-state index contributed by atoms with van der Waals surface area (Å²) in [5, 5.41) is 0. The fourth-order valence-electron chi connectivity index (χ4n) is 2.20. The van der Waals surface area contributed by atoms with E-state index in [4.69, 9.17) is 0 Å². The van der Waals surface area contributed by atoms with Crippen molar-refractivity contribution in [1.82, 2.24) is 14.8 Å². The van der Waals surface area contributed by atoms with Crippen LogP contribution in [-0.4, -0.2) is 52.9 Å². The van der Waals surface area contributed by atoms with Crippen LogP contribution in [0.25, 0.3) is 0 Å². The summed E-state index contributed by atoms with van der Waals surface area (Å²) in [7, 11) is 0. The molecule has 1 N–H and O–H groups in total. The smallest absolute Gasteiger partial charge is 0.254 e. The van der Waals surface area contributed by atoms with Gasteiger partial charge in [0.2, 0.25) is 5.56 Å². The van der Waals surface area contributed by atoms with Crippen LogP contribution < -0.4 is 5.56 Å². The van der Waals surface area contributed by atoms with Gasteiger partial charge in [0, 0.05) is 50.0 Å². The summed E-state index contributed by atoms with van der Waals surface area (Å²) < 4.78 is 0. The van der Waals surface area contributed by atoms with E-state index in [0.29, 0.717) is 11.6 Å². The predicted octanol–water partition coefficient (Wildman–Crippen LogP) is 0.541. The molecule has 2 heterocycles. The lowest BCUT2D eigenvalue weighted by Crippen LogP contribution is -2.50. The summed E-state index contributed by atoms with van der Waals surface area (Å²) >= 11 is 0. The Morgan fingerprint density at radius 3 is 2.50 bits per heavy atom. The number of carbonyl (C=O) groups is 1. The molecular formula is C13H19N3O2. The number of hydrogen-bond acceptors (Lipinski definition) is 3. The molecule has 2 rings (SSSR count). The quantitative estimate of drug-likeness (QED) is 0.832. The Morgan fingerprint density at radius 2 is 1.94 bits per heavy atom. The van der Waals surface area contributed by atoms with Gasteiger partial charge in [-0.3, -0.25) is 14.5 Å². The van der Waals surface area contributed by atoms with Crippen molar-refractivity contribution in [2.45, 2.75) is 19.9 Å². The van der Waals surface area contributed by atoms with Crippen LogP contribution in [0, 0.1) is 0 Å². The molecule has 5 heteroatoms. The summed E-state index contributed by atoms with van der Waals surface area (Å²) in [6, 6.07) is 3.53. The zero-order valence-electron chi connectivity index (χ0n) is 10.8. The maximum Gasteiger partial charge on any atom is 0.254 e. The molecule has 0 spiro atoms. The lowest BCUT2D eigenvalue weighted by molar-refractivity contribution is 0.0595. The van der Waals surface area contributed by atoms with Crippen molar-refractivity contribution in [2.75, 3.05) is 26.2 Å². The standard InChI is InChI=1S/C13H19N3O2/c1-10(2)15-5-7-16(8-6-15)13(18)11-3-4-14-12(17)9-11/h3-4,9-10H,5-8H2,1-2H3,(H,14,17). The van der Waals surface area contributed by atoms with Gasteiger partial charge >= 0.3 is 0 Å². The summed E-state index contributed by atoms with van der Waals surface area (Å²) in [5.41, 5.74) is 0.235. The summed E-state index contributed by atoms with van der Waals surface area (Å²) in [6.45, 7) is 7.56. The summed E-state index contributed by atoms with van der Waals surface area (Å²) in [6.07, 6.45) is 1.51. The summed E-state index contributed by atoms with van der Waals surface area (Å²) in [5.74, 6) is -0.0514. The van der Waals surface area contributed by atoms with Gasteiger partial charge in [0.05, 0.1) is 0 Å². The van der Waals surface area contributed by atoms with Crippen LogP contribution in [-0.2, 0) is 0 Å². The maximum absolute atomic E-state index is 12.2. The number of rotatable bonds is 2. The molecule has 1 aliphatic rings. The van der Waals surface area contributed by atoms with E-state index in [1.54, 1.807) is 6.07 Å². The molecule has 18 heavy (non-hydrogen) atoms. The lowest BCUT2D eigenvalue weighted by atomic mass is 10.2. The van der Waals surface area contributed by atoms with E-state index >= 15 is 0 Å². The fraction of sp³-hybridized carbons (Fsp3) is 0.538. The van der Waals surface area contributed by atoms with Gasteiger partial charge in [-0.1, -0.05) is 0 Å². The number of carbonyl (C=O) groups excluding carboxylic acids is 1. The molecule has 0 radical (unpaired) electrons. The first-order chi connectivity index (χ1) is 8.58. The van der Waals surface area contributed by atoms with Crippen molar-refractivity contribution in [1.29, 1.82) is 0 Å². The first-order valence-corrected chi connectivity index (χ1v) is 6.30. The molecule has 0 aliphatic carbocycles. The monoisotopic (exact) mass is 249 g/mol. The number of aromatic amines is 1. The van der Waals surface area contributed by atoms with Gasteiger partial charge in [0.25, 0.3) is 5.91 Å². The molecule has 1 amide bonds. The van der Waals surface area contributed by atoms with E-state index < -0.39 is 0 Å². The second kappa shape index (κ2) is 5.35. The van der Waals surface area contributed by atoms with Crippen molar-refractivity contribution in [3.8, 4) is 0 Å². The van der Waals surface area contributed by atoms with Crippen LogP contribution >= 0.6 is 0 Å². The highest BCUT2D eigenvalue weighted by Gasteiger charge is 2.23. The minimum Gasteiger partial charge on any atom is -0.336 e. The first kappa shape index (κ1) is 12.8. The molecule has 5 nitrogen and oxygen atoms in total. The molecule has 0 unspecified atom stereocenters. The molecule has 1 aromatic rings. The molecule has 0 saturated carbocycles. The Hall–Kier alpha value is -1.62. The van der Waals surface area contributed by atoms with Gasteiger partial charge in [0.1, 0.15) is 0 Å². The molecule has 1 aromatic heterocycles. The third-order valence-electron chi connectivity index (χ3n) is 3.35. The number of nitrogens with one attached hydrogen (secondary N) is 1. The van der Waals surface area contributed by atoms with Crippen molar-refractivity contribution in [2.24, 2.45) is 0 Å². The van der Waals surface area contributed by atoms with Crippen molar-refractivity contribution >= 4 is 5.91 Å². The minimum absolute atomic E-state index is 0.0514. The molecule has 0 atom stereocenters. The maximum atomic E-state index is 12.2. The number of H-pyrrole nitrogens is 1. The van der Waals surface area contributed by atoms with Gasteiger partial charge < -0.3 is 9.88 Å². The third kappa shape index (κ3) is 2.79. The van der Waals surface area contributed by atoms with Gasteiger partial charge in [-0.05, 0) is 19.9 Å². The first-order valence-electron chi connectivity index (χ1n) is 6.30. The van der Waals surface area contributed by atoms with E-state index in [9.17, 15) is 9.59 Å². The topological polar surface area (TPSA) is 56.4 Å². The predicted molar refractivity (Wildman–Crippen MR) is 69.7 cm³/mol. The van der Waals surface area contributed by atoms with E-state index in [0.717, 1.165) is 26.2 Å². The normalized spacial score (nSPS) is 17.2.